The number of pyridine rings is 2. The van der Waals surface area contributed by atoms with Gasteiger partial charge in [-0.15, -0.1) is 0 Å². The lowest BCUT2D eigenvalue weighted by atomic mass is 10.0. The summed E-state index contributed by atoms with van der Waals surface area (Å²) in [5.74, 6) is -3.54. The third kappa shape index (κ3) is 4.76. The third-order valence-corrected chi connectivity index (χ3v) is 6.59. The smallest absolute Gasteiger partial charge is 0.417 e. The second kappa shape index (κ2) is 9.31. The van der Waals surface area contributed by atoms with Crippen molar-refractivity contribution in [3.8, 4) is 17.0 Å². The molecule has 1 aromatic carbocycles. The second-order valence-corrected chi connectivity index (χ2v) is 9.15. The van der Waals surface area contributed by atoms with Crippen molar-refractivity contribution in [3.63, 3.8) is 0 Å². The number of hydrogen-bond donors (Lipinski definition) is 2. The van der Waals surface area contributed by atoms with Gasteiger partial charge in [-0.25, -0.2) is 27.2 Å². The molecule has 0 aliphatic rings. The number of rotatable bonds is 6. The zero-order valence-corrected chi connectivity index (χ0v) is 19.7. The molecule has 194 valence electrons. The minimum Gasteiger partial charge on any atom is -0.480 e. The van der Waals surface area contributed by atoms with Gasteiger partial charge in [0, 0.05) is 25.0 Å². The molecule has 9 nitrogen and oxygen atoms in total. The van der Waals surface area contributed by atoms with Crippen LogP contribution < -0.4 is 14.8 Å². The predicted octanol–water partition coefficient (Wildman–Crippen LogP) is 3.86. The highest BCUT2D eigenvalue weighted by molar-refractivity contribution is 7.92. The van der Waals surface area contributed by atoms with Crippen molar-refractivity contribution in [2.45, 2.75) is 11.1 Å². The quantitative estimate of drug-likeness (QED) is 0.359. The van der Waals surface area contributed by atoms with Gasteiger partial charge in [-0.1, -0.05) is 6.07 Å². The lowest BCUT2D eigenvalue weighted by Crippen LogP contribution is -2.18. The first-order valence-corrected chi connectivity index (χ1v) is 11.7. The summed E-state index contributed by atoms with van der Waals surface area (Å²) >= 11 is 0. The standard InChI is InChI=1S/C22H16F5N5O4S/c1-28-20(33)19-15-6-3-11(9-32(15)10-30-19)17-13(23)4-5-14(18(17)24)31-37(34,35)16-7-12(22(25,26)27)8-29-21(16)36-2/h3-10,31H,1-2H3,(H,28,33). The van der Waals surface area contributed by atoms with Gasteiger partial charge >= 0.3 is 6.18 Å². The zero-order chi connectivity index (χ0) is 27.1. The Hall–Kier alpha value is -4.27. The van der Waals surface area contributed by atoms with Crippen molar-refractivity contribution in [3.05, 3.63) is 71.9 Å². The maximum atomic E-state index is 15.4. The van der Waals surface area contributed by atoms with E-state index in [9.17, 15) is 30.8 Å². The molecule has 0 saturated heterocycles. The number of fused-ring (bicyclic) bond motifs is 1. The van der Waals surface area contributed by atoms with Gasteiger partial charge in [-0.2, -0.15) is 13.2 Å². The molecule has 4 aromatic rings. The highest BCUT2D eigenvalue weighted by Crippen LogP contribution is 2.35. The van der Waals surface area contributed by atoms with Gasteiger partial charge in [0.1, 0.15) is 17.0 Å². The van der Waals surface area contributed by atoms with Crippen molar-refractivity contribution in [1.29, 1.82) is 0 Å². The topological polar surface area (TPSA) is 115 Å². The Morgan fingerprint density at radius 2 is 1.84 bits per heavy atom. The minimum atomic E-state index is -4.92. The SMILES string of the molecule is CNC(=O)c1ncn2cc(-c3c(F)ccc(NS(=O)(=O)c4cc(C(F)(F)F)cnc4OC)c3F)ccc12. The maximum absolute atomic E-state index is 15.4. The number of sulfonamides is 1. The van der Waals surface area contributed by atoms with Crippen LogP contribution in [0, 0.1) is 11.6 Å². The van der Waals surface area contributed by atoms with E-state index in [-0.39, 0.29) is 17.3 Å². The van der Waals surface area contributed by atoms with Crippen LogP contribution in [-0.4, -0.2) is 42.9 Å². The number of nitrogens with zero attached hydrogens (tertiary/aromatic N) is 3. The molecule has 0 atom stereocenters. The Morgan fingerprint density at radius 1 is 1.11 bits per heavy atom. The molecule has 3 aromatic heterocycles. The summed E-state index contributed by atoms with van der Waals surface area (Å²) in [7, 11) is -2.48. The molecule has 0 aliphatic heterocycles. The van der Waals surface area contributed by atoms with Gasteiger partial charge in [0.25, 0.3) is 15.9 Å². The van der Waals surface area contributed by atoms with Crippen LogP contribution in [0.25, 0.3) is 16.6 Å². The number of imidazole rings is 1. The number of carbonyl (C=O) groups excluding carboxylic acids is 1. The molecule has 0 radical (unpaired) electrons. The fourth-order valence-corrected chi connectivity index (χ4v) is 4.67. The number of hydrogen-bond acceptors (Lipinski definition) is 6. The minimum absolute atomic E-state index is 0.0391. The summed E-state index contributed by atoms with van der Waals surface area (Å²) in [6, 6.07) is 4.53. The number of aromatic nitrogens is 3. The van der Waals surface area contributed by atoms with Crippen LogP contribution >= 0.6 is 0 Å². The largest absolute Gasteiger partial charge is 0.480 e. The van der Waals surface area contributed by atoms with Crippen molar-refractivity contribution in [2.75, 3.05) is 18.9 Å². The Kier molecular flexibility index (Phi) is 6.50. The average Bonchev–Trinajstić information content (AvgIpc) is 3.28. The van der Waals surface area contributed by atoms with Crippen molar-refractivity contribution in [1.82, 2.24) is 19.7 Å². The molecule has 0 aliphatic carbocycles. The van der Waals surface area contributed by atoms with Gasteiger partial charge in [-0.3, -0.25) is 9.52 Å². The number of amides is 1. The van der Waals surface area contributed by atoms with Crippen LogP contribution in [0.4, 0.5) is 27.6 Å². The molecule has 2 N–H and O–H groups in total. The first-order valence-electron chi connectivity index (χ1n) is 10.2. The summed E-state index contributed by atoms with van der Waals surface area (Å²) in [6.45, 7) is 0. The fraction of sp³-hybridized carbons (Fsp3) is 0.136. The van der Waals surface area contributed by atoms with E-state index in [0.29, 0.717) is 11.7 Å². The number of alkyl halides is 3. The molecule has 0 saturated carbocycles. The molecular formula is C22H16F5N5O4S. The maximum Gasteiger partial charge on any atom is 0.417 e. The van der Waals surface area contributed by atoms with Gasteiger partial charge in [0.15, 0.2) is 11.5 Å². The number of anilines is 1. The zero-order valence-electron chi connectivity index (χ0n) is 18.9. The summed E-state index contributed by atoms with van der Waals surface area (Å²) in [4.78, 5) is 18.2. The monoisotopic (exact) mass is 541 g/mol. The highest BCUT2D eigenvalue weighted by Gasteiger charge is 2.34. The molecular weight excluding hydrogens is 525 g/mol. The Morgan fingerprint density at radius 3 is 2.49 bits per heavy atom. The molecule has 0 fully saturated rings. The number of benzene rings is 1. The molecule has 0 unspecified atom stereocenters. The van der Waals surface area contributed by atoms with Crippen LogP contribution in [0.1, 0.15) is 16.1 Å². The van der Waals surface area contributed by atoms with E-state index in [4.69, 9.17) is 4.74 Å². The van der Waals surface area contributed by atoms with Crippen molar-refractivity contribution >= 4 is 27.1 Å². The third-order valence-electron chi connectivity index (χ3n) is 5.23. The van der Waals surface area contributed by atoms with Crippen LogP contribution in [-0.2, 0) is 16.2 Å². The van der Waals surface area contributed by atoms with Crippen molar-refractivity contribution < 1.29 is 39.9 Å². The van der Waals surface area contributed by atoms with E-state index in [2.05, 4.69) is 15.3 Å². The molecule has 15 heteroatoms. The van der Waals surface area contributed by atoms with E-state index in [1.54, 1.807) is 0 Å². The van der Waals surface area contributed by atoms with Gasteiger partial charge in [0.2, 0.25) is 5.88 Å². The predicted molar refractivity (Wildman–Crippen MR) is 121 cm³/mol. The molecule has 0 spiro atoms. The van der Waals surface area contributed by atoms with Crippen LogP contribution in [0.15, 0.2) is 53.9 Å². The number of halogens is 5. The van der Waals surface area contributed by atoms with Crippen LogP contribution in [0.3, 0.4) is 0 Å². The first kappa shape index (κ1) is 25.8. The van der Waals surface area contributed by atoms with Crippen LogP contribution in [0.5, 0.6) is 5.88 Å². The fourth-order valence-electron chi connectivity index (χ4n) is 3.47. The summed E-state index contributed by atoms with van der Waals surface area (Å²) in [5.41, 5.74) is -2.38. The second-order valence-electron chi connectivity index (χ2n) is 7.50. The van der Waals surface area contributed by atoms with E-state index < -0.39 is 61.3 Å². The number of methoxy groups -OCH3 is 1. The molecule has 3 heterocycles. The molecule has 4 rings (SSSR count). The Labute approximate surface area is 206 Å². The molecule has 0 bridgehead atoms. The summed E-state index contributed by atoms with van der Waals surface area (Å²) < 4.78 is 103. The van der Waals surface area contributed by atoms with Crippen molar-refractivity contribution in [2.24, 2.45) is 0 Å². The number of carbonyl (C=O) groups is 1. The molecule has 1 amide bonds. The summed E-state index contributed by atoms with van der Waals surface area (Å²) in [5, 5.41) is 2.41. The van der Waals surface area contributed by atoms with E-state index in [1.807, 2.05) is 4.72 Å². The number of nitrogens with one attached hydrogen (secondary N) is 2. The molecule has 37 heavy (non-hydrogen) atoms. The van der Waals surface area contributed by atoms with Gasteiger partial charge in [0.05, 0.1) is 29.4 Å². The van der Waals surface area contributed by atoms with E-state index in [0.717, 1.165) is 19.2 Å². The van der Waals surface area contributed by atoms with Crippen LogP contribution in [0.2, 0.25) is 0 Å². The van der Waals surface area contributed by atoms with Gasteiger partial charge in [-0.05, 0) is 24.3 Å². The lowest BCUT2D eigenvalue weighted by Gasteiger charge is -2.15. The summed E-state index contributed by atoms with van der Waals surface area (Å²) in [6.07, 6.45) is -2.01. The Bertz CT molecular complexity index is 1640. The first-order chi connectivity index (χ1) is 17.4. The highest BCUT2D eigenvalue weighted by atomic mass is 32.2. The normalized spacial score (nSPS) is 12.0. The lowest BCUT2D eigenvalue weighted by molar-refractivity contribution is -0.138. The van der Waals surface area contributed by atoms with E-state index >= 15 is 4.39 Å². The Balaban J connectivity index is 1.78. The average molecular weight is 541 g/mol. The van der Waals surface area contributed by atoms with Gasteiger partial charge < -0.3 is 14.5 Å². The number of ether oxygens (including phenoxy) is 1. The van der Waals surface area contributed by atoms with E-state index in [1.165, 1.54) is 36.1 Å².